The van der Waals surface area contributed by atoms with E-state index >= 15 is 0 Å². The third-order valence-corrected chi connectivity index (χ3v) is 7.99. The van der Waals surface area contributed by atoms with Gasteiger partial charge < -0.3 is 15.7 Å². The fourth-order valence-electron chi connectivity index (χ4n) is 5.41. The maximum Gasteiger partial charge on any atom is 0.237 e. The molecule has 186 valence electrons. The zero-order valence-electron chi connectivity index (χ0n) is 20.4. The van der Waals surface area contributed by atoms with E-state index in [0.717, 1.165) is 24.0 Å². The fraction of sp³-hybridized carbons (Fsp3) is 0.500. The van der Waals surface area contributed by atoms with Crippen molar-refractivity contribution in [3.63, 3.8) is 0 Å². The number of nitrogens with one attached hydrogen (secondary N) is 2. The van der Waals surface area contributed by atoms with Crippen LogP contribution in [0.15, 0.2) is 48.5 Å². The second-order valence-electron chi connectivity index (χ2n) is 11.4. The van der Waals surface area contributed by atoms with Crippen LogP contribution in [0, 0.1) is 22.2 Å². The van der Waals surface area contributed by atoms with E-state index in [-0.39, 0.29) is 29.4 Å². The lowest BCUT2D eigenvalue weighted by atomic mass is 9.63. The van der Waals surface area contributed by atoms with Crippen molar-refractivity contribution in [1.82, 2.24) is 10.6 Å². The number of aliphatic hydroxyl groups excluding tert-OH is 1. The van der Waals surface area contributed by atoms with Crippen molar-refractivity contribution in [2.24, 2.45) is 10.8 Å². The Hall–Kier alpha value is -2.10. The van der Waals surface area contributed by atoms with Gasteiger partial charge in [0.15, 0.2) is 0 Å². The average molecular weight is 514 g/mol. The highest BCUT2D eigenvalue weighted by Crippen LogP contribution is 2.51. The molecule has 35 heavy (non-hydrogen) atoms. The molecule has 2 aromatic rings. The molecule has 1 aliphatic heterocycles. The van der Waals surface area contributed by atoms with Crippen LogP contribution in [0.1, 0.15) is 57.1 Å². The minimum atomic E-state index is -1.03. The number of carbonyl (C=O) groups is 1. The number of halogens is 2. The molecular formula is C28H33Cl2N3O2. The highest BCUT2D eigenvalue weighted by atomic mass is 35.5. The topological polar surface area (TPSA) is 85.2 Å². The lowest BCUT2D eigenvalue weighted by Crippen LogP contribution is -2.47. The van der Waals surface area contributed by atoms with Gasteiger partial charge in [-0.25, -0.2) is 0 Å². The highest BCUT2D eigenvalue weighted by Gasteiger charge is 2.59. The van der Waals surface area contributed by atoms with Crippen LogP contribution in [-0.2, 0) is 10.2 Å². The van der Waals surface area contributed by atoms with Gasteiger partial charge in [-0.3, -0.25) is 4.79 Å². The van der Waals surface area contributed by atoms with E-state index < -0.39 is 17.4 Å². The number of amides is 1. The summed E-state index contributed by atoms with van der Waals surface area (Å²) >= 11 is 12.6. The number of hydrogen-bond donors (Lipinski definition) is 3. The molecule has 0 aromatic heterocycles. The van der Waals surface area contributed by atoms with Gasteiger partial charge in [-0.2, -0.15) is 5.26 Å². The Morgan fingerprint density at radius 1 is 1.17 bits per heavy atom. The molecule has 0 bridgehead atoms. The van der Waals surface area contributed by atoms with Crippen LogP contribution in [0.4, 0.5) is 0 Å². The molecule has 2 aromatic carbocycles. The summed E-state index contributed by atoms with van der Waals surface area (Å²) in [5.41, 5.74) is 0.318. The van der Waals surface area contributed by atoms with E-state index in [1.54, 1.807) is 18.2 Å². The lowest BCUT2D eigenvalue weighted by Gasteiger charge is -2.37. The molecule has 0 radical (unpaired) electrons. The van der Waals surface area contributed by atoms with Crippen molar-refractivity contribution < 1.29 is 9.90 Å². The number of nitriles is 1. The van der Waals surface area contributed by atoms with Crippen LogP contribution in [-0.4, -0.2) is 36.2 Å². The SMILES string of the molecule is CC(C)(C)C[C@@H]1N[C@@H](C(=O)NCC2(CO)CC2)[C@H](c2cccc(Cl)c2)[C@@]1(C#N)c1ccc(Cl)cc1. The first-order chi connectivity index (χ1) is 16.5. The van der Waals surface area contributed by atoms with Crippen LogP contribution in [0.2, 0.25) is 10.0 Å². The number of nitrogens with zero attached hydrogens (tertiary/aromatic N) is 1. The number of carbonyl (C=O) groups excluding carboxylic acids is 1. The van der Waals surface area contributed by atoms with E-state index in [0.29, 0.717) is 23.0 Å². The quantitative estimate of drug-likeness (QED) is 0.474. The van der Waals surface area contributed by atoms with Crippen LogP contribution < -0.4 is 10.6 Å². The van der Waals surface area contributed by atoms with Gasteiger partial charge >= 0.3 is 0 Å². The Morgan fingerprint density at radius 3 is 2.40 bits per heavy atom. The number of hydrogen-bond acceptors (Lipinski definition) is 4. The third kappa shape index (κ3) is 5.22. The van der Waals surface area contributed by atoms with Gasteiger partial charge in [0.25, 0.3) is 0 Å². The Balaban J connectivity index is 1.83. The summed E-state index contributed by atoms with van der Waals surface area (Å²) in [6, 6.07) is 16.6. The number of aliphatic hydroxyl groups is 1. The maximum atomic E-state index is 13.7. The smallest absolute Gasteiger partial charge is 0.237 e. The summed E-state index contributed by atoms with van der Waals surface area (Å²) in [6.07, 6.45) is 2.49. The van der Waals surface area contributed by atoms with E-state index in [4.69, 9.17) is 23.2 Å². The summed E-state index contributed by atoms with van der Waals surface area (Å²) in [5.74, 6) is -0.649. The van der Waals surface area contributed by atoms with Crippen LogP contribution in [0.3, 0.4) is 0 Å². The summed E-state index contributed by atoms with van der Waals surface area (Å²) in [6.45, 7) is 6.89. The van der Waals surface area contributed by atoms with E-state index in [2.05, 4.69) is 37.5 Å². The lowest BCUT2D eigenvalue weighted by molar-refractivity contribution is -0.123. The van der Waals surface area contributed by atoms with Gasteiger partial charge in [0.2, 0.25) is 5.91 Å². The molecule has 4 rings (SSSR count). The predicted molar refractivity (Wildman–Crippen MR) is 139 cm³/mol. The Kier molecular flexibility index (Phi) is 7.23. The van der Waals surface area contributed by atoms with Gasteiger partial charge in [0, 0.05) is 34.0 Å². The zero-order valence-corrected chi connectivity index (χ0v) is 22.0. The second-order valence-corrected chi connectivity index (χ2v) is 12.2. The summed E-state index contributed by atoms with van der Waals surface area (Å²) in [4.78, 5) is 13.7. The van der Waals surface area contributed by atoms with Crippen molar-refractivity contribution >= 4 is 29.1 Å². The van der Waals surface area contributed by atoms with Gasteiger partial charge in [0.1, 0.15) is 5.41 Å². The Morgan fingerprint density at radius 2 is 1.86 bits per heavy atom. The number of benzene rings is 2. The first-order valence-electron chi connectivity index (χ1n) is 12.1. The predicted octanol–water partition coefficient (Wildman–Crippen LogP) is 5.20. The van der Waals surface area contributed by atoms with Crippen LogP contribution in [0.5, 0.6) is 0 Å². The minimum absolute atomic E-state index is 0.0582. The molecule has 2 fully saturated rings. The molecule has 7 heteroatoms. The van der Waals surface area contributed by atoms with Crippen molar-refractivity contribution in [3.8, 4) is 6.07 Å². The van der Waals surface area contributed by atoms with Crippen molar-refractivity contribution in [2.75, 3.05) is 13.2 Å². The van der Waals surface area contributed by atoms with Crippen molar-refractivity contribution in [1.29, 1.82) is 5.26 Å². The molecule has 1 saturated carbocycles. The molecule has 5 nitrogen and oxygen atoms in total. The fourth-order valence-corrected chi connectivity index (χ4v) is 5.73. The number of rotatable bonds is 7. The summed E-state index contributed by atoms with van der Waals surface area (Å²) in [5, 5.41) is 28.4. The van der Waals surface area contributed by atoms with Gasteiger partial charge in [-0.15, -0.1) is 0 Å². The maximum absolute atomic E-state index is 13.7. The van der Waals surface area contributed by atoms with E-state index in [9.17, 15) is 15.2 Å². The Labute approximate surface area is 217 Å². The Bertz CT molecular complexity index is 1120. The van der Waals surface area contributed by atoms with Crippen LogP contribution in [0.25, 0.3) is 0 Å². The molecule has 0 spiro atoms. The molecule has 1 aliphatic carbocycles. The highest BCUT2D eigenvalue weighted by molar-refractivity contribution is 6.30. The molecule has 0 unspecified atom stereocenters. The minimum Gasteiger partial charge on any atom is -0.396 e. The largest absolute Gasteiger partial charge is 0.396 e. The monoisotopic (exact) mass is 513 g/mol. The molecule has 4 atom stereocenters. The summed E-state index contributed by atoms with van der Waals surface area (Å²) in [7, 11) is 0. The molecule has 1 heterocycles. The van der Waals surface area contributed by atoms with Crippen LogP contribution >= 0.6 is 23.2 Å². The van der Waals surface area contributed by atoms with Gasteiger partial charge in [0.05, 0.1) is 18.7 Å². The van der Waals surface area contributed by atoms with Crippen molar-refractivity contribution in [3.05, 3.63) is 69.7 Å². The van der Waals surface area contributed by atoms with Gasteiger partial charge in [-0.1, -0.05) is 68.2 Å². The van der Waals surface area contributed by atoms with E-state index in [1.165, 1.54) is 0 Å². The average Bonchev–Trinajstić information content (AvgIpc) is 3.52. The molecule has 3 N–H and O–H groups in total. The molecule has 1 amide bonds. The summed E-state index contributed by atoms with van der Waals surface area (Å²) < 4.78 is 0. The standard InChI is InChI=1S/C28H33Cl2N3O2/c1-26(2,3)14-22-28(15-31,19-7-9-20(29)10-8-19)23(18-5-4-6-21(30)13-18)24(33-22)25(35)32-16-27(17-34)11-12-27/h4-10,13,22-24,33-34H,11-12,14,16-17H2,1-3H3,(H,32,35)/t22-,23-,24+,28-/m0/s1. The normalized spacial score (nSPS) is 27.3. The van der Waals surface area contributed by atoms with Crippen molar-refractivity contribution in [2.45, 2.75) is 63.5 Å². The first kappa shape index (κ1) is 26.0. The second kappa shape index (κ2) is 9.75. The first-order valence-corrected chi connectivity index (χ1v) is 12.9. The third-order valence-electron chi connectivity index (χ3n) is 7.50. The molecule has 1 saturated heterocycles. The molecular weight excluding hydrogens is 481 g/mol. The van der Waals surface area contributed by atoms with E-state index in [1.807, 2.05) is 30.3 Å². The zero-order chi connectivity index (χ0) is 25.4. The molecule has 2 aliphatic rings. The van der Waals surface area contributed by atoms with Gasteiger partial charge in [-0.05, 0) is 60.1 Å².